The molecule has 0 unspecified atom stereocenters. The SMILES string of the molecule is CCN(CCS(=O)(=O)c1ccc(C)cc1)C(=O)c1cnc(C)nc1C. The molecule has 0 aliphatic carbocycles. The standard InChI is InChI=1S/C18H23N3O3S/c1-5-21(18(22)17-12-19-15(4)20-14(17)3)10-11-25(23,24)16-8-6-13(2)7-9-16/h6-9,12H,5,10-11H2,1-4H3. The maximum atomic E-state index is 12.7. The van der Waals surface area contributed by atoms with Gasteiger partial charge in [-0.15, -0.1) is 0 Å². The zero-order chi connectivity index (χ0) is 18.6. The van der Waals surface area contributed by atoms with E-state index in [1.165, 1.54) is 11.1 Å². The summed E-state index contributed by atoms with van der Waals surface area (Å²) in [6.07, 6.45) is 1.50. The summed E-state index contributed by atoms with van der Waals surface area (Å²) in [6.45, 7) is 7.76. The first-order valence-corrected chi connectivity index (χ1v) is 9.78. The fourth-order valence-corrected chi connectivity index (χ4v) is 3.71. The Morgan fingerprint density at radius 1 is 1.12 bits per heavy atom. The molecule has 0 bridgehead atoms. The number of sulfone groups is 1. The predicted molar refractivity (Wildman–Crippen MR) is 96.3 cm³/mol. The van der Waals surface area contributed by atoms with Crippen LogP contribution in [0, 0.1) is 20.8 Å². The van der Waals surface area contributed by atoms with Gasteiger partial charge in [-0.05, 0) is 39.8 Å². The van der Waals surface area contributed by atoms with E-state index in [1.54, 1.807) is 38.1 Å². The van der Waals surface area contributed by atoms with Crippen LogP contribution in [0.15, 0.2) is 35.4 Å². The molecule has 0 N–H and O–H groups in total. The quantitative estimate of drug-likeness (QED) is 0.789. The van der Waals surface area contributed by atoms with E-state index in [4.69, 9.17) is 0 Å². The molecule has 2 rings (SSSR count). The summed E-state index contributed by atoms with van der Waals surface area (Å²) < 4.78 is 24.9. The van der Waals surface area contributed by atoms with Crippen LogP contribution in [0.4, 0.5) is 0 Å². The highest BCUT2D eigenvalue weighted by molar-refractivity contribution is 7.91. The molecule has 1 heterocycles. The average Bonchev–Trinajstić information content (AvgIpc) is 2.55. The molecule has 6 nitrogen and oxygen atoms in total. The van der Waals surface area contributed by atoms with Crippen LogP contribution in [0.2, 0.25) is 0 Å². The van der Waals surface area contributed by atoms with Gasteiger partial charge in [0.1, 0.15) is 5.82 Å². The molecule has 0 aliphatic rings. The van der Waals surface area contributed by atoms with Gasteiger partial charge < -0.3 is 4.90 Å². The monoisotopic (exact) mass is 361 g/mol. The van der Waals surface area contributed by atoms with Gasteiger partial charge in [-0.25, -0.2) is 18.4 Å². The summed E-state index contributed by atoms with van der Waals surface area (Å²) in [5, 5.41) is 0. The highest BCUT2D eigenvalue weighted by Gasteiger charge is 2.21. The van der Waals surface area contributed by atoms with Gasteiger partial charge in [0.25, 0.3) is 5.91 Å². The summed E-state index contributed by atoms with van der Waals surface area (Å²) in [6, 6.07) is 6.73. The highest BCUT2D eigenvalue weighted by Crippen LogP contribution is 2.14. The van der Waals surface area contributed by atoms with Crippen LogP contribution in [0.25, 0.3) is 0 Å². The number of rotatable bonds is 6. The second-order valence-corrected chi connectivity index (χ2v) is 8.04. The van der Waals surface area contributed by atoms with Crippen molar-refractivity contribution in [2.75, 3.05) is 18.8 Å². The third-order valence-electron chi connectivity index (χ3n) is 4.01. The number of aryl methyl sites for hydroxylation is 3. The molecule has 0 saturated carbocycles. The lowest BCUT2D eigenvalue weighted by Gasteiger charge is -2.21. The number of amides is 1. The Labute approximate surface area is 148 Å². The van der Waals surface area contributed by atoms with Crippen LogP contribution >= 0.6 is 0 Å². The van der Waals surface area contributed by atoms with Gasteiger partial charge in [0.15, 0.2) is 9.84 Å². The normalized spacial score (nSPS) is 11.4. The number of carbonyl (C=O) groups excluding carboxylic acids is 1. The van der Waals surface area contributed by atoms with Gasteiger partial charge in [0, 0.05) is 19.3 Å². The van der Waals surface area contributed by atoms with Crippen LogP contribution in [0.1, 0.15) is 34.4 Å². The van der Waals surface area contributed by atoms with E-state index in [9.17, 15) is 13.2 Å². The van der Waals surface area contributed by atoms with Gasteiger partial charge >= 0.3 is 0 Å². The Kier molecular flexibility index (Phi) is 5.89. The van der Waals surface area contributed by atoms with Crippen LogP contribution in [0.5, 0.6) is 0 Å². The second kappa shape index (κ2) is 7.74. The summed E-state index contributed by atoms with van der Waals surface area (Å²) in [4.78, 5) is 22.7. The smallest absolute Gasteiger partial charge is 0.257 e. The van der Waals surface area contributed by atoms with Crippen molar-refractivity contribution in [1.82, 2.24) is 14.9 Å². The van der Waals surface area contributed by atoms with Gasteiger partial charge in [-0.1, -0.05) is 17.7 Å². The fraction of sp³-hybridized carbons (Fsp3) is 0.389. The maximum absolute atomic E-state index is 12.7. The molecule has 0 atom stereocenters. The summed E-state index contributed by atoms with van der Waals surface area (Å²) in [5.74, 6) is 0.222. The number of hydrogen-bond donors (Lipinski definition) is 0. The molecule has 0 radical (unpaired) electrons. The summed E-state index contributed by atoms with van der Waals surface area (Å²) in [5.41, 5.74) is 2.00. The van der Waals surface area contributed by atoms with Crippen molar-refractivity contribution in [2.45, 2.75) is 32.6 Å². The molecule has 1 aromatic heterocycles. The Morgan fingerprint density at radius 2 is 1.76 bits per heavy atom. The van der Waals surface area contributed by atoms with Crippen LogP contribution in [-0.4, -0.2) is 48.0 Å². The van der Waals surface area contributed by atoms with Crippen LogP contribution in [-0.2, 0) is 9.84 Å². The minimum atomic E-state index is -3.44. The number of hydrogen-bond acceptors (Lipinski definition) is 5. The van der Waals surface area contributed by atoms with E-state index in [-0.39, 0.29) is 23.1 Å². The van der Waals surface area contributed by atoms with Gasteiger partial charge in [0.2, 0.25) is 0 Å². The minimum Gasteiger partial charge on any atom is -0.338 e. The number of nitrogens with zero attached hydrogens (tertiary/aromatic N) is 3. The average molecular weight is 361 g/mol. The van der Waals surface area contributed by atoms with E-state index in [0.717, 1.165) is 5.56 Å². The van der Waals surface area contributed by atoms with E-state index >= 15 is 0 Å². The van der Waals surface area contributed by atoms with E-state index in [0.29, 0.717) is 23.6 Å². The van der Waals surface area contributed by atoms with Gasteiger partial charge in [0.05, 0.1) is 21.9 Å². The molecule has 1 aromatic carbocycles. The van der Waals surface area contributed by atoms with Crippen LogP contribution in [0.3, 0.4) is 0 Å². The Bertz CT molecular complexity index is 862. The van der Waals surface area contributed by atoms with E-state index in [1.807, 2.05) is 13.8 Å². The Hall–Kier alpha value is -2.28. The molecule has 2 aromatic rings. The molecule has 7 heteroatoms. The summed E-state index contributed by atoms with van der Waals surface area (Å²) >= 11 is 0. The van der Waals surface area contributed by atoms with Gasteiger partial charge in [-0.3, -0.25) is 4.79 Å². The maximum Gasteiger partial charge on any atom is 0.257 e. The molecule has 0 saturated heterocycles. The fourth-order valence-electron chi connectivity index (χ4n) is 2.46. The molecule has 0 aliphatic heterocycles. The molecule has 134 valence electrons. The minimum absolute atomic E-state index is 0.124. The zero-order valence-corrected chi connectivity index (χ0v) is 15.8. The van der Waals surface area contributed by atoms with Crippen molar-refractivity contribution >= 4 is 15.7 Å². The molecular formula is C18H23N3O3S. The highest BCUT2D eigenvalue weighted by atomic mass is 32.2. The molecule has 25 heavy (non-hydrogen) atoms. The first kappa shape index (κ1) is 19.1. The number of carbonyl (C=O) groups is 1. The molecule has 1 amide bonds. The van der Waals surface area contributed by atoms with Crippen molar-refractivity contribution in [2.24, 2.45) is 0 Å². The van der Waals surface area contributed by atoms with E-state index in [2.05, 4.69) is 9.97 Å². The third-order valence-corrected chi connectivity index (χ3v) is 5.72. The van der Waals surface area contributed by atoms with Crippen molar-refractivity contribution < 1.29 is 13.2 Å². The topological polar surface area (TPSA) is 80.2 Å². The molecular weight excluding hydrogens is 338 g/mol. The second-order valence-electron chi connectivity index (χ2n) is 5.93. The largest absolute Gasteiger partial charge is 0.338 e. The summed E-state index contributed by atoms with van der Waals surface area (Å²) in [7, 11) is -3.44. The van der Waals surface area contributed by atoms with Crippen LogP contribution < -0.4 is 0 Å². The Balaban J connectivity index is 2.13. The molecule has 0 fully saturated rings. The Morgan fingerprint density at radius 3 is 2.32 bits per heavy atom. The van der Waals surface area contributed by atoms with Crippen molar-refractivity contribution in [3.8, 4) is 0 Å². The zero-order valence-electron chi connectivity index (χ0n) is 15.0. The lowest BCUT2D eigenvalue weighted by atomic mass is 10.2. The van der Waals surface area contributed by atoms with E-state index < -0.39 is 9.84 Å². The lowest BCUT2D eigenvalue weighted by Crippen LogP contribution is -2.35. The van der Waals surface area contributed by atoms with Gasteiger partial charge in [-0.2, -0.15) is 0 Å². The van der Waals surface area contributed by atoms with Crippen molar-refractivity contribution in [3.63, 3.8) is 0 Å². The number of benzene rings is 1. The number of aromatic nitrogens is 2. The van der Waals surface area contributed by atoms with Crippen molar-refractivity contribution in [1.29, 1.82) is 0 Å². The van der Waals surface area contributed by atoms with Crippen molar-refractivity contribution in [3.05, 3.63) is 53.1 Å². The lowest BCUT2D eigenvalue weighted by molar-refractivity contribution is 0.0772. The third kappa shape index (κ3) is 4.63. The molecule has 0 spiro atoms. The predicted octanol–water partition coefficient (Wildman–Crippen LogP) is 2.34. The first-order valence-electron chi connectivity index (χ1n) is 8.13. The first-order chi connectivity index (χ1) is 11.7.